The van der Waals surface area contributed by atoms with Gasteiger partial charge in [-0.05, 0) is 17.7 Å². The van der Waals surface area contributed by atoms with Crippen LogP contribution in [0.2, 0.25) is 0 Å². The summed E-state index contributed by atoms with van der Waals surface area (Å²) in [5, 5.41) is 12.0. The maximum atomic E-state index is 8.76. The topological polar surface area (TPSA) is 69.0 Å². The molecule has 1 aromatic heterocycles. The number of aliphatic hydroxyl groups excluding tert-OH is 1. The summed E-state index contributed by atoms with van der Waals surface area (Å²) in [6.07, 6.45) is 0. The summed E-state index contributed by atoms with van der Waals surface area (Å²) in [5.74, 6) is 5.53. The van der Waals surface area contributed by atoms with Crippen molar-refractivity contribution in [1.29, 1.82) is 0 Å². The van der Waals surface area contributed by atoms with Crippen LogP contribution in [0, 0.1) is 11.8 Å². The van der Waals surface area contributed by atoms with Gasteiger partial charge in [0.2, 0.25) is 0 Å². The van der Waals surface area contributed by atoms with Crippen LogP contribution in [0.4, 0.5) is 0 Å². The van der Waals surface area contributed by atoms with Gasteiger partial charge < -0.3 is 5.11 Å². The van der Waals surface area contributed by atoms with Gasteiger partial charge in [0.1, 0.15) is 0 Å². The Morgan fingerprint density at radius 1 is 1.62 bits per heavy atom. The van der Waals surface area contributed by atoms with Crippen molar-refractivity contribution in [2.45, 2.75) is 6.61 Å². The highest BCUT2D eigenvalue weighted by Gasteiger charge is 1.93. The molecule has 1 aromatic rings. The second kappa shape index (κ2) is 5.22. The van der Waals surface area contributed by atoms with E-state index in [9.17, 15) is 0 Å². The fourth-order valence-corrected chi connectivity index (χ4v) is 1.47. The van der Waals surface area contributed by atoms with Crippen molar-refractivity contribution < 1.29 is 5.11 Å². The Balaban J connectivity index is 2.60. The SMILES string of the molecule is [N-]=[N+]=NCC#Cc1ccc(CO)s1. The predicted molar refractivity (Wildman–Crippen MR) is 51.1 cm³/mol. The average Bonchev–Trinajstić information content (AvgIpc) is 2.60. The van der Waals surface area contributed by atoms with E-state index >= 15 is 0 Å². The molecule has 13 heavy (non-hydrogen) atoms. The number of thiophene rings is 1. The van der Waals surface area contributed by atoms with E-state index in [2.05, 4.69) is 21.9 Å². The molecule has 0 aliphatic heterocycles. The minimum atomic E-state index is 0.0443. The van der Waals surface area contributed by atoms with E-state index in [1.807, 2.05) is 12.1 Å². The third kappa shape index (κ3) is 3.18. The number of rotatable bonds is 2. The van der Waals surface area contributed by atoms with Crippen LogP contribution in [0.5, 0.6) is 0 Å². The summed E-state index contributed by atoms with van der Waals surface area (Å²) < 4.78 is 0. The van der Waals surface area contributed by atoms with Gasteiger partial charge in [-0.2, -0.15) is 0 Å². The molecule has 5 heteroatoms. The molecule has 0 aliphatic carbocycles. The molecule has 0 atom stereocenters. The zero-order chi connectivity index (χ0) is 9.52. The quantitative estimate of drug-likeness (QED) is 0.331. The number of hydrogen-bond acceptors (Lipinski definition) is 3. The van der Waals surface area contributed by atoms with Gasteiger partial charge in [-0.25, -0.2) is 0 Å². The van der Waals surface area contributed by atoms with E-state index in [4.69, 9.17) is 10.6 Å². The van der Waals surface area contributed by atoms with Gasteiger partial charge in [0, 0.05) is 9.79 Å². The standard InChI is InChI=1S/C8H7N3OS/c9-11-10-5-1-2-7-3-4-8(6-12)13-7/h3-4,12H,5-6H2. The molecular weight excluding hydrogens is 186 g/mol. The highest BCUT2D eigenvalue weighted by molar-refractivity contribution is 7.12. The van der Waals surface area contributed by atoms with Crippen molar-refractivity contribution in [3.05, 3.63) is 32.3 Å². The fourth-order valence-electron chi connectivity index (χ4n) is 0.724. The first kappa shape index (κ1) is 9.62. The molecule has 0 bridgehead atoms. The van der Waals surface area contributed by atoms with Crippen LogP contribution < -0.4 is 0 Å². The first-order chi connectivity index (χ1) is 6.36. The van der Waals surface area contributed by atoms with Crippen molar-refractivity contribution in [3.63, 3.8) is 0 Å². The van der Waals surface area contributed by atoms with Crippen LogP contribution >= 0.6 is 11.3 Å². The minimum absolute atomic E-state index is 0.0443. The molecular formula is C8H7N3OS. The van der Waals surface area contributed by atoms with Crippen LogP contribution in [-0.2, 0) is 6.61 Å². The number of aliphatic hydroxyl groups is 1. The van der Waals surface area contributed by atoms with Gasteiger partial charge in [-0.1, -0.05) is 17.0 Å². The predicted octanol–water partition coefficient (Wildman–Crippen LogP) is 1.90. The molecule has 1 rings (SSSR count). The zero-order valence-electron chi connectivity index (χ0n) is 6.77. The van der Waals surface area contributed by atoms with E-state index in [0.717, 1.165) is 9.75 Å². The average molecular weight is 193 g/mol. The Morgan fingerprint density at radius 2 is 2.46 bits per heavy atom. The lowest BCUT2D eigenvalue weighted by Gasteiger charge is -1.81. The molecule has 0 saturated heterocycles. The third-order valence-electron chi connectivity index (χ3n) is 1.24. The van der Waals surface area contributed by atoms with E-state index < -0.39 is 0 Å². The normalized spacial score (nSPS) is 8.38. The van der Waals surface area contributed by atoms with Crippen molar-refractivity contribution in [3.8, 4) is 11.8 Å². The Hall–Kier alpha value is -1.47. The number of azide groups is 1. The zero-order valence-corrected chi connectivity index (χ0v) is 7.58. The molecule has 0 aliphatic rings. The lowest BCUT2D eigenvalue weighted by atomic mass is 10.4. The Bertz CT molecular complexity index is 382. The van der Waals surface area contributed by atoms with Gasteiger partial charge in [-0.3, -0.25) is 0 Å². The van der Waals surface area contributed by atoms with Crippen LogP contribution in [0.1, 0.15) is 9.75 Å². The van der Waals surface area contributed by atoms with Crippen LogP contribution in [-0.4, -0.2) is 11.7 Å². The van der Waals surface area contributed by atoms with E-state index in [0.29, 0.717) is 0 Å². The van der Waals surface area contributed by atoms with Crippen molar-refractivity contribution in [1.82, 2.24) is 0 Å². The van der Waals surface area contributed by atoms with Crippen molar-refractivity contribution >= 4 is 11.3 Å². The Morgan fingerprint density at radius 3 is 3.08 bits per heavy atom. The lowest BCUT2D eigenvalue weighted by molar-refractivity contribution is 0.285. The van der Waals surface area contributed by atoms with Crippen LogP contribution in [0.15, 0.2) is 17.2 Å². The summed E-state index contributed by atoms with van der Waals surface area (Å²) in [6, 6.07) is 3.65. The monoisotopic (exact) mass is 193 g/mol. The lowest BCUT2D eigenvalue weighted by Crippen LogP contribution is -1.70. The van der Waals surface area contributed by atoms with Gasteiger partial charge in [0.15, 0.2) is 0 Å². The molecule has 0 aromatic carbocycles. The first-order valence-corrected chi connectivity index (χ1v) is 4.37. The second-order valence-corrected chi connectivity index (χ2v) is 3.28. The van der Waals surface area contributed by atoms with Gasteiger partial charge in [-0.15, -0.1) is 11.3 Å². The Labute approximate surface area is 79.5 Å². The largest absolute Gasteiger partial charge is 0.391 e. The first-order valence-electron chi connectivity index (χ1n) is 3.56. The maximum absolute atomic E-state index is 8.76. The van der Waals surface area contributed by atoms with Crippen LogP contribution in [0.25, 0.3) is 10.4 Å². The highest BCUT2D eigenvalue weighted by Crippen LogP contribution is 2.14. The summed E-state index contributed by atoms with van der Waals surface area (Å²) in [4.78, 5) is 4.33. The molecule has 4 nitrogen and oxygen atoms in total. The summed E-state index contributed by atoms with van der Waals surface area (Å²) in [6.45, 7) is 0.228. The molecule has 0 unspecified atom stereocenters. The third-order valence-corrected chi connectivity index (χ3v) is 2.23. The summed E-state index contributed by atoms with van der Waals surface area (Å²) in [7, 11) is 0. The molecule has 0 amide bonds. The molecule has 66 valence electrons. The molecule has 0 radical (unpaired) electrons. The molecule has 0 spiro atoms. The van der Waals surface area contributed by atoms with Gasteiger partial charge in [0.05, 0.1) is 18.0 Å². The van der Waals surface area contributed by atoms with E-state index in [1.54, 1.807) is 0 Å². The highest BCUT2D eigenvalue weighted by atomic mass is 32.1. The number of nitrogens with zero attached hydrogens (tertiary/aromatic N) is 3. The fraction of sp³-hybridized carbons (Fsp3) is 0.250. The smallest absolute Gasteiger partial charge is 0.0880 e. The summed E-state index contributed by atoms with van der Waals surface area (Å²) >= 11 is 1.43. The van der Waals surface area contributed by atoms with Gasteiger partial charge in [0.25, 0.3) is 0 Å². The molecule has 0 fully saturated rings. The Kier molecular flexibility index (Phi) is 3.86. The minimum Gasteiger partial charge on any atom is -0.391 e. The second-order valence-electron chi connectivity index (χ2n) is 2.11. The molecule has 1 heterocycles. The van der Waals surface area contributed by atoms with E-state index in [1.165, 1.54) is 11.3 Å². The maximum Gasteiger partial charge on any atom is 0.0880 e. The van der Waals surface area contributed by atoms with Crippen LogP contribution in [0.3, 0.4) is 0 Å². The van der Waals surface area contributed by atoms with Crippen molar-refractivity contribution in [2.24, 2.45) is 5.11 Å². The summed E-state index contributed by atoms with van der Waals surface area (Å²) in [5.41, 5.74) is 7.97. The van der Waals surface area contributed by atoms with Gasteiger partial charge >= 0.3 is 0 Å². The molecule has 1 N–H and O–H groups in total. The molecule has 0 saturated carbocycles. The van der Waals surface area contributed by atoms with E-state index in [-0.39, 0.29) is 13.2 Å². The van der Waals surface area contributed by atoms with Crippen molar-refractivity contribution in [2.75, 3.05) is 6.54 Å². The number of hydrogen-bond donors (Lipinski definition) is 1.